The summed E-state index contributed by atoms with van der Waals surface area (Å²) in [7, 11) is 0. The lowest BCUT2D eigenvalue weighted by Gasteiger charge is -2.11. The molecule has 1 aromatic carbocycles. The number of azo groups is 1. The highest BCUT2D eigenvalue weighted by molar-refractivity contribution is 5.90. The number of rotatable bonds is 2. The summed E-state index contributed by atoms with van der Waals surface area (Å²) in [6.45, 7) is 2.32. The summed E-state index contributed by atoms with van der Waals surface area (Å²) in [5.74, 6) is 0.210. The summed E-state index contributed by atoms with van der Waals surface area (Å²) >= 11 is 0. The molecule has 0 aromatic heterocycles. The van der Waals surface area contributed by atoms with Crippen LogP contribution in [0.15, 0.2) is 28.4 Å². The van der Waals surface area contributed by atoms with Crippen molar-refractivity contribution in [2.45, 2.75) is 6.92 Å². The van der Waals surface area contributed by atoms with E-state index < -0.39 is 0 Å². The van der Waals surface area contributed by atoms with Gasteiger partial charge in [-0.15, -0.1) is 10.2 Å². The van der Waals surface area contributed by atoms with Crippen LogP contribution in [0, 0.1) is 0 Å². The molecule has 1 aliphatic heterocycles. The minimum absolute atomic E-state index is 0.194. The van der Waals surface area contributed by atoms with Gasteiger partial charge in [-0.05, 0) is 25.1 Å². The van der Waals surface area contributed by atoms with Crippen molar-refractivity contribution in [3.63, 3.8) is 0 Å². The number of nitrogens with zero attached hydrogens (tertiary/aromatic N) is 2. The number of hydrogen-bond donors (Lipinski definition) is 0. The van der Waals surface area contributed by atoms with Gasteiger partial charge in [-0.25, -0.2) is 4.79 Å². The van der Waals surface area contributed by atoms with Crippen LogP contribution in [0.3, 0.4) is 0 Å². The Bertz CT molecular complexity index is 415. The van der Waals surface area contributed by atoms with Crippen molar-refractivity contribution in [2.24, 2.45) is 10.2 Å². The first-order valence-electron chi connectivity index (χ1n) is 4.62. The van der Waals surface area contributed by atoms with Crippen molar-refractivity contribution in [1.82, 2.24) is 0 Å². The highest BCUT2D eigenvalue weighted by atomic mass is 16.5. The fourth-order valence-corrected chi connectivity index (χ4v) is 1.26. The maximum Gasteiger partial charge on any atom is 0.338 e. The monoisotopic (exact) mass is 206 g/mol. The molecule has 0 saturated heterocycles. The third-order valence-corrected chi connectivity index (χ3v) is 1.93. The highest BCUT2D eigenvalue weighted by Crippen LogP contribution is 2.31. The Hall–Kier alpha value is -1.91. The fourth-order valence-electron chi connectivity index (χ4n) is 1.26. The normalized spacial score (nSPS) is 12.9. The highest BCUT2D eigenvalue weighted by Gasteiger charge is 2.13. The summed E-state index contributed by atoms with van der Waals surface area (Å²) < 4.78 is 10.1. The lowest BCUT2D eigenvalue weighted by atomic mass is 10.2. The molecule has 1 aromatic rings. The van der Waals surface area contributed by atoms with Crippen LogP contribution in [-0.4, -0.2) is 19.3 Å². The van der Waals surface area contributed by atoms with Crippen LogP contribution in [0.25, 0.3) is 0 Å². The molecule has 5 heteroatoms. The first-order chi connectivity index (χ1) is 7.31. The second-order valence-electron chi connectivity index (χ2n) is 2.92. The van der Waals surface area contributed by atoms with Crippen molar-refractivity contribution in [1.29, 1.82) is 0 Å². The Labute approximate surface area is 86.7 Å². The van der Waals surface area contributed by atoms with Crippen LogP contribution in [0.1, 0.15) is 17.3 Å². The number of fused-ring (bicyclic) bond motifs is 1. The average Bonchev–Trinajstić information content (AvgIpc) is 2.29. The molecule has 0 bridgehead atoms. The SMILES string of the molecule is CCOC(=O)c1ccc2c(c1)OCN=N2. The fraction of sp³-hybridized carbons (Fsp3) is 0.300. The van der Waals surface area contributed by atoms with Gasteiger partial charge in [-0.3, -0.25) is 0 Å². The van der Waals surface area contributed by atoms with Gasteiger partial charge in [0.25, 0.3) is 0 Å². The Kier molecular flexibility index (Phi) is 2.62. The number of esters is 1. The molecule has 5 nitrogen and oxygen atoms in total. The average molecular weight is 206 g/mol. The van der Waals surface area contributed by atoms with E-state index in [0.29, 0.717) is 23.6 Å². The van der Waals surface area contributed by atoms with E-state index in [0.717, 1.165) is 0 Å². The molecule has 1 aliphatic rings. The molecule has 2 rings (SSSR count). The predicted octanol–water partition coefficient (Wildman–Crippen LogP) is 2.30. The summed E-state index contributed by atoms with van der Waals surface area (Å²) in [6, 6.07) is 4.94. The van der Waals surface area contributed by atoms with Crippen LogP contribution in [0.2, 0.25) is 0 Å². The molecule has 0 saturated carbocycles. The molecule has 1 heterocycles. The molecular formula is C10H10N2O3. The van der Waals surface area contributed by atoms with Gasteiger partial charge in [-0.1, -0.05) is 0 Å². The van der Waals surface area contributed by atoms with Gasteiger partial charge in [0, 0.05) is 0 Å². The van der Waals surface area contributed by atoms with E-state index in [1.807, 2.05) is 0 Å². The molecule has 0 atom stereocenters. The van der Waals surface area contributed by atoms with E-state index >= 15 is 0 Å². The van der Waals surface area contributed by atoms with Crippen LogP contribution in [0.5, 0.6) is 5.75 Å². The third kappa shape index (κ3) is 1.96. The lowest BCUT2D eigenvalue weighted by Crippen LogP contribution is -2.05. The molecule has 0 unspecified atom stereocenters. The van der Waals surface area contributed by atoms with Crippen LogP contribution >= 0.6 is 0 Å². The molecule has 15 heavy (non-hydrogen) atoms. The number of carbonyl (C=O) groups excluding carboxylic acids is 1. The van der Waals surface area contributed by atoms with Crippen molar-refractivity contribution in [3.05, 3.63) is 23.8 Å². The zero-order valence-corrected chi connectivity index (χ0v) is 8.27. The van der Waals surface area contributed by atoms with E-state index in [2.05, 4.69) is 10.2 Å². The smallest absolute Gasteiger partial charge is 0.338 e. The van der Waals surface area contributed by atoms with E-state index in [1.54, 1.807) is 25.1 Å². The van der Waals surface area contributed by atoms with E-state index in [9.17, 15) is 4.79 Å². The molecule has 0 aliphatic carbocycles. The van der Waals surface area contributed by atoms with Gasteiger partial charge >= 0.3 is 5.97 Å². The maximum atomic E-state index is 11.4. The zero-order valence-electron chi connectivity index (χ0n) is 8.27. The van der Waals surface area contributed by atoms with Crippen molar-refractivity contribution < 1.29 is 14.3 Å². The van der Waals surface area contributed by atoms with E-state index in [4.69, 9.17) is 9.47 Å². The zero-order chi connectivity index (χ0) is 10.7. The summed E-state index contributed by atoms with van der Waals surface area (Å²) in [6.07, 6.45) is 0. The second-order valence-corrected chi connectivity index (χ2v) is 2.92. The minimum Gasteiger partial charge on any atom is -0.467 e. The van der Waals surface area contributed by atoms with Gasteiger partial charge < -0.3 is 9.47 Å². The molecule has 0 spiro atoms. The molecular weight excluding hydrogens is 196 g/mol. The van der Waals surface area contributed by atoms with Crippen molar-refractivity contribution >= 4 is 11.7 Å². The summed E-state index contributed by atoms with van der Waals surface area (Å²) in [4.78, 5) is 11.4. The van der Waals surface area contributed by atoms with E-state index in [1.165, 1.54) is 0 Å². The van der Waals surface area contributed by atoms with Crippen molar-refractivity contribution in [3.8, 4) is 5.75 Å². The largest absolute Gasteiger partial charge is 0.467 e. The summed E-state index contributed by atoms with van der Waals surface area (Å²) in [5.41, 5.74) is 1.10. The standard InChI is InChI=1S/C10H10N2O3/c1-2-14-10(13)7-3-4-8-9(5-7)15-6-11-12-8/h3-5H,2,6H2,1H3. The number of hydrogen-bond acceptors (Lipinski definition) is 5. The van der Waals surface area contributed by atoms with Crippen LogP contribution in [0.4, 0.5) is 5.69 Å². The second kappa shape index (κ2) is 4.08. The van der Waals surface area contributed by atoms with Gasteiger partial charge in [-0.2, -0.15) is 0 Å². The van der Waals surface area contributed by atoms with Gasteiger partial charge in [0.05, 0.1) is 12.2 Å². The lowest BCUT2D eigenvalue weighted by molar-refractivity contribution is 0.0526. The van der Waals surface area contributed by atoms with Gasteiger partial charge in [0.2, 0.25) is 0 Å². The maximum absolute atomic E-state index is 11.4. The Balaban J connectivity index is 2.28. The quantitative estimate of drug-likeness (QED) is 0.697. The third-order valence-electron chi connectivity index (χ3n) is 1.93. The van der Waals surface area contributed by atoms with Crippen molar-refractivity contribution in [2.75, 3.05) is 13.3 Å². The topological polar surface area (TPSA) is 60.2 Å². The van der Waals surface area contributed by atoms with Gasteiger partial charge in [0.15, 0.2) is 12.5 Å². The molecule has 0 N–H and O–H groups in total. The number of benzene rings is 1. The molecule has 0 fully saturated rings. The molecule has 0 radical (unpaired) electrons. The number of carbonyl (C=O) groups is 1. The Morgan fingerprint density at radius 3 is 3.27 bits per heavy atom. The van der Waals surface area contributed by atoms with E-state index in [-0.39, 0.29) is 12.7 Å². The predicted molar refractivity (Wildman–Crippen MR) is 52.4 cm³/mol. The first kappa shape index (κ1) is 9.64. The minimum atomic E-state index is -0.355. The Morgan fingerprint density at radius 1 is 1.60 bits per heavy atom. The number of ether oxygens (including phenoxy) is 2. The Morgan fingerprint density at radius 2 is 2.47 bits per heavy atom. The van der Waals surface area contributed by atoms with Crippen LogP contribution in [-0.2, 0) is 4.74 Å². The molecule has 0 amide bonds. The summed E-state index contributed by atoms with van der Waals surface area (Å²) in [5, 5.41) is 7.60. The first-order valence-corrected chi connectivity index (χ1v) is 4.62. The van der Waals surface area contributed by atoms with Crippen LogP contribution < -0.4 is 4.74 Å². The molecule has 78 valence electrons. The van der Waals surface area contributed by atoms with Gasteiger partial charge in [0.1, 0.15) is 5.69 Å².